The van der Waals surface area contributed by atoms with Crippen LogP contribution in [0, 0.1) is 6.92 Å². The standard InChI is InChI=1S/C21H30N4OS.HI/c1-4-22-20(25(3)14-19-15-27-17(2)24-19)23-16-21(10-12-26-13-11-21)18-8-6-5-7-9-18;/h5-9,15H,4,10-14,16H2,1-3H3,(H,22,23);1H. The van der Waals surface area contributed by atoms with Crippen LogP contribution in [0.15, 0.2) is 40.7 Å². The van der Waals surface area contributed by atoms with Gasteiger partial charge in [0.1, 0.15) is 0 Å². The van der Waals surface area contributed by atoms with Gasteiger partial charge in [-0.2, -0.15) is 0 Å². The Morgan fingerprint density at radius 2 is 2.00 bits per heavy atom. The zero-order valence-electron chi connectivity index (χ0n) is 17.0. The maximum absolute atomic E-state index is 5.65. The lowest BCUT2D eigenvalue weighted by molar-refractivity contribution is 0.0530. The molecule has 28 heavy (non-hydrogen) atoms. The molecule has 0 aliphatic carbocycles. The smallest absolute Gasteiger partial charge is 0.194 e. The molecule has 1 aliphatic heterocycles. The lowest BCUT2D eigenvalue weighted by Gasteiger charge is -2.37. The predicted molar refractivity (Wildman–Crippen MR) is 128 cm³/mol. The number of guanidine groups is 1. The molecule has 0 spiro atoms. The van der Waals surface area contributed by atoms with Crippen molar-refractivity contribution in [1.82, 2.24) is 15.2 Å². The molecule has 0 atom stereocenters. The number of hydrogen-bond acceptors (Lipinski definition) is 4. The highest BCUT2D eigenvalue weighted by Crippen LogP contribution is 2.35. The number of hydrogen-bond donors (Lipinski definition) is 1. The zero-order chi connectivity index (χ0) is 19.1. The van der Waals surface area contributed by atoms with Crippen molar-refractivity contribution in [2.24, 2.45) is 4.99 Å². The summed E-state index contributed by atoms with van der Waals surface area (Å²) < 4.78 is 5.65. The van der Waals surface area contributed by atoms with Gasteiger partial charge in [0.15, 0.2) is 5.96 Å². The maximum Gasteiger partial charge on any atom is 0.194 e. The first kappa shape index (κ1) is 23.1. The van der Waals surface area contributed by atoms with Gasteiger partial charge in [0, 0.05) is 37.6 Å². The fourth-order valence-corrected chi connectivity index (χ4v) is 4.19. The molecule has 154 valence electrons. The van der Waals surface area contributed by atoms with Crippen LogP contribution in [0.2, 0.25) is 0 Å². The van der Waals surface area contributed by atoms with E-state index >= 15 is 0 Å². The molecule has 0 bridgehead atoms. The second kappa shape index (κ2) is 11.1. The average molecular weight is 514 g/mol. The fraction of sp³-hybridized carbons (Fsp3) is 0.524. The lowest BCUT2D eigenvalue weighted by Crippen LogP contribution is -2.41. The van der Waals surface area contributed by atoms with Gasteiger partial charge in [-0.25, -0.2) is 4.98 Å². The SMILES string of the molecule is CCNC(=NCC1(c2ccccc2)CCOCC1)N(C)Cc1csc(C)n1.I. The summed E-state index contributed by atoms with van der Waals surface area (Å²) in [6.45, 7) is 8.13. The number of ether oxygens (including phenoxy) is 1. The Morgan fingerprint density at radius 3 is 2.61 bits per heavy atom. The van der Waals surface area contributed by atoms with E-state index in [1.165, 1.54) is 5.56 Å². The first-order valence-corrected chi connectivity index (χ1v) is 10.5. The normalized spacial score (nSPS) is 16.3. The zero-order valence-corrected chi connectivity index (χ0v) is 20.1. The van der Waals surface area contributed by atoms with Crippen molar-refractivity contribution in [3.8, 4) is 0 Å². The van der Waals surface area contributed by atoms with Crippen LogP contribution in [0.25, 0.3) is 0 Å². The van der Waals surface area contributed by atoms with Gasteiger partial charge in [0.25, 0.3) is 0 Å². The van der Waals surface area contributed by atoms with E-state index in [0.29, 0.717) is 0 Å². The van der Waals surface area contributed by atoms with E-state index in [2.05, 4.69) is 64.9 Å². The summed E-state index contributed by atoms with van der Waals surface area (Å²) in [4.78, 5) is 11.8. The Labute approximate surface area is 189 Å². The van der Waals surface area contributed by atoms with Crippen molar-refractivity contribution in [2.75, 3.05) is 33.4 Å². The minimum atomic E-state index is 0. The van der Waals surface area contributed by atoms with Crippen LogP contribution < -0.4 is 5.32 Å². The van der Waals surface area contributed by atoms with E-state index in [9.17, 15) is 0 Å². The van der Waals surface area contributed by atoms with E-state index in [0.717, 1.165) is 62.4 Å². The molecule has 1 aliphatic rings. The van der Waals surface area contributed by atoms with Crippen molar-refractivity contribution in [3.05, 3.63) is 52.0 Å². The van der Waals surface area contributed by atoms with Gasteiger partial charge in [0.05, 0.1) is 23.8 Å². The summed E-state index contributed by atoms with van der Waals surface area (Å²) in [6, 6.07) is 10.8. The van der Waals surface area contributed by atoms with E-state index in [1.807, 2.05) is 6.92 Å². The molecule has 0 amide bonds. The van der Waals surface area contributed by atoms with Crippen LogP contribution in [-0.2, 0) is 16.7 Å². The Morgan fingerprint density at radius 1 is 1.29 bits per heavy atom. The summed E-state index contributed by atoms with van der Waals surface area (Å²) >= 11 is 1.69. The predicted octanol–water partition coefficient (Wildman–Crippen LogP) is 4.22. The van der Waals surface area contributed by atoms with Crippen LogP contribution in [-0.4, -0.2) is 49.2 Å². The largest absolute Gasteiger partial charge is 0.381 e. The molecule has 5 nitrogen and oxygen atoms in total. The summed E-state index contributed by atoms with van der Waals surface area (Å²) in [6.07, 6.45) is 2.02. The van der Waals surface area contributed by atoms with E-state index < -0.39 is 0 Å². The van der Waals surface area contributed by atoms with Crippen LogP contribution in [0.4, 0.5) is 0 Å². The van der Waals surface area contributed by atoms with Crippen molar-refractivity contribution in [2.45, 2.75) is 38.6 Å². The molecule has 2 aromatic rings. The molecule has 7 heteroatoms. The number of aromatic nitrogens is 1. The Balaban J connectivity index is 0.00000280. The molecule has 0 unspecified atom stereocenters. The monoisotopic (exact) mass is 514 g/mol. The number of aryl methyl sites for hydroxylation is 1. The Hall–Kier alpha value is -1.19. The molecule has 0 saturated carbocycles. The summed E-state index contributed by atoms with van der Waals surface area (Å²) in [5.41, 5.74) is 2.51. The minimum absolute atomic E-state index is 0. The van der Waals surface area contributed by atoms with Gasteiger partial charge in [0.2, 0.25) is 0 Å². The second-order valence-corrected chi connectivity index (χ2v) is 8.21. The molecule has 1 fully saturated rings. The molecular formula is C21H31IN4OS. The highest BCUT2D eigenvalue weighted by molar-refractivity contribution is 14.0. The summed E-state index contributed by atoms with van der Waals surface area (Å²) in [5.74, 6) is 0.935. The van der Waals surface area contributed by atoms with Gasteiger partial charge in [-0.15, -0.1) is 35.3 Å². The number of halogens is 1. The third kappa shape index (κ3) is 5.90. The fourth-order valence-electron chi connectivity index (χ4n) is 3.59. The van der Waals surface area contributed by atoms with E-state index in [4.69, 9.17) is 9.73 Å². The number of thiazole rings is 1. The van der Waals surface area contributed by atoms with Gasteiger partial charge < -0.3 is 15.0 Å². The van der Waals surface area contributed by atoms with Gasteiger partial charge in [-0.05, 0) is 32.3 Å². The van der Waals surface area contributed by atoms with Crippen LogP contribution in [0.5, 0.6) is 0 Å². The van der Waals surface area contributed by atoms with Crippen molar-refractivity contribution < 1.29 is 4.74 Å². The van der Waals surface area contributed by atoms with Crippen LogP contribution in [0.3, 0.4) is 0 Å². The quantitative estimate of drug-likeness (QED) is 0.357. The highest BCUT2D eigenvalue weighted by atomic mass is 127. The molecule has 1 saturated heterocycles. The molecule has 1 aromatic heterocycles. The Kier molecular flexibility index (Phi) is 9.17. The van der Waals surface area contributed by atoms with Gasteiger partial charge >= 0.3 is 0 Å². The number of aliphatic imine (C=N–C) groups is 1. The highest BCUT2D eigenvalue weighted by Gasteiger charge is 2.34. The third-order valence-electron chi connectivity index (χ3n) is 5.13. The van der Waals surface area contributed by atoms with E-state index in [1.54, 1.807) is 11.3 Å². The van der Waals surface area contributed by atoms with Crippen molar-refractivity contribution in [3.63, 3.8) is 0 Å². The van der Waals surface area contributed by atoms with Gasteiger partial charge in [-0.1, -0.05) is 30.3 Å². The minimum Gasteiger partial charge on any atom is -0.381 e. The lowest BCUT2D eigenvalue weighted by atomic mass is 9.74. The van der Waals surface area contributed by atoms with Gasteiger partial charge in [-0.3, -0.25) is 4.99 Å². The molecule has 1 aromatic carbocycles. The topological polar surface area (TPSA) is 49.8 Å². The molecule has 3 rings (SSSR count). The molecule has 0 radical (unpaired) electrons. The Bertz CT molecular complexity index is 744. The third-order valence-corrected chi connectivity index (χ3v) is 5.95. The second-order valence-electron chi connectivity index (χ2n) is 7.14. The average Bonchev–Trinajstić information content (AvgIpc) is 3.11. The van der Waals surface area contributed by atoms with Crippen molar-refractivity contribution >= 4 is 41.3 Å². The molecular weight excluding hydrogens is 483 g/mol. The molecule has 1 N–H and O–H groups in total. The number of nitrogens with zero attached hydrogens (tertiary/aromatic N) is 3. The van der Waals surface area contributed by atoms with Crippen LogP contribution in [0.1, 0.15) is 36.0 Å². The van der Waals surface area contributed by atoms with Crippen molar-refractivity contribution in [1.29, 1.82) is 0 Å². The number of rotatable bonds is 6. The maximum atomic E-state index is 5.65. The first-order chi connectivity index (χ1) is 13.1. The van der Waals surface area contributed by atoms with Crippen LogP contribution >= 0.6 is 35.3 Å². The summed E-state index contributed by atoms with van der Waals surface area (Å²) in [5, 5.41) is 6.66. The van der Waals surface area contributed by atoms with E-state index in [-0.39, 0.29) is 29.4 Å². The number of benzene rings is 1. The summed E-state index contributed by atoms with van der Waals surface area (Å²) in [7, 11) is 2.08. The molecule has 2 heterocycles. The number of nitrogens with one attached hydrogen (secondary N) is 1. The first-order valence-electron chi connectivity index (χ1n) is 9.67.